The average molecular weight is 275 g/mol. The molecule has 0 radical (unpaired) electrons. The first-order chi connectivity index (χ1) is 9.19. The number of methoxy groups -OCH3 is 1. The van der Waals surface area contributed by atoms with Gasteiger partial charge in [0.05, 0.1) is 13.4 Å². The number of benzene rings is 1. The van der Waals surface area contributed by atoms with E-state index in [9.17, 15) is 0 Å². The summed E-state index contributed by atoms with van der Waals surface area (Å²) in [5.41, 5.74) is 4.04. The Bertz CT molecular complexity index is 753. The van der Waals surface area contributed by atoms with Crippen molar-refractivity contribution in [3.05, 3.63) is 35.4 Å². The van der Waals surface area contributed by atoms with E-state index < -0.39 is 0 Å². The molecule has 2 heterocycles. The van der Waals surface area contributed by atoms with Crippen molar-refractivity contribution in [1.29, 1.82) is 0 Å². The zero-order valence-electron chi connectivity index (χ0n) is 10.4. The number of halogens is 1. The molecule has 0 aliphatic rings. The van der Waals surface area contributed by atoms with Gasteiger partial charge in [-0.25, -0.2) is 9.97 Å². The molecule has 19 heavy (non-hydrogen) atoms. The lowest BCUT2D eigenvalue weighted by atomic mass is 10.1. The summed E-state index contributed by atoms with van der Waals surface area (Å²) in [5.74, 6) is 0.838. The highest BCUT2D eigenvalue weighted by molar-refractivity contribution is 6.28. The van der Waals surface area contributed by atoms with Crippen LogP contribution in [0.25, 0.3) is 22.4 Å². The van der Waals surface area contributed by atoms with E-state index >= 15 is 0 Å². The lowest BCUT2D eigenvalue weighted by molar-refractivity contribution is 0.412. The van der Waals surface area contributed by atoms with Crippen molar-refractivity contribution < 1.29 is 4.74 Å². The first kappa shape index (κ1) is 11.9. The van der Waals surface area contributed by atoms with Crippen LogP contribution in [0.1, 0.15) is 5.56 Å². The van der Waals surface area contributed by atoms with E-state index in [1.54, 1.807) is 13.4 Å². The number of hydrogen-bond donors (Lipinski definition) is 1. The average Bonchev–Trinajstić information content (AvgIpc) is 2.85. The number of hydrogen-bond acceptors (Lipinski definition) is 4. The molecule has 5 nitrogen and oxygen atoms in total. The van der Waals surface area contributed by atoms with Gasteiger partial charge in [-0.1, -0.05) is 0 Å². The van der Waals surface area contributed by atoms with Crippen molar-refractivity contribution in [1.82, 2.24) is 19.9 Å². The zero-order valence-corrected chi connectivity index (χ0v) is 11.2. The Morgan fingerprint density at radius 1 is 1.26 bits per heavy atom. The fourth-order valence-electron chi connectivity index (χ4n) is 2.04. The largest absolute Gasteiger partial charge is 0.496 e. The van der Waals surface area contributed by atoms with Crippen LogP contribution in [0.15, 0.2) is 24.5 Å². The maximum Gasteiger partial charge on any atom is 0.225 e. The van der Waals surface area contributed by atoms with Crippen LogP contribution in [0.2, 0.25) is 5.28 Å². The third kappa shape index (κ3) is 2.02. The fourth-order valence-corrected chi connectivity index (χ4v) is 2.21. The Kier molecular flexibility index (Phi) is 2.83. The minimum absolute atomic E-state index is 0.183. The summed E-state index contributed by atoms with van der Waals surface area (Å²) < 4.78 is 5.25. The number of nitrogens with zero attached hydrogens (tertiary/aromatic N) is 3. The Balaban J connectivity index is 2.23. The number of aromatic nitrogens is 4. The SMILES string of the molecule is COc1ccc(-c2nc(Cl)nc3nc[nH]c23)cc1C. The molecule has 0 unspecified atom stereocenters. The first-order valence-electron chi connectivity index (χ1n) is 5.70. The minimum atomic E-state index is 0.183. The molecule has 0 aliphatic carbocycles. The maximum atomic E-state index is 5.93. The normalized spacial score (nSPS) is 10.9. The van der Waals surface area contributed by atoms with Crippen LogP contribution in [0.4, 0.5) is 0 Å². The van der Waals surface area contributed by atoms with Crippen molar-refractivity contribution in [2.24, 2.45) is 0 Å². The van der Waals surface area contributed by atoms with Gasteiger partial charge in [-0.05, 0) is 42.3 Å². The summed E-state index contributed by atoms with van der Waals surface area (Å²) in [4.78, 5) is 15.5. The van der Waals surface area contributed by atoms with Crippen molar-refractivity contribution in [3.8, 4) is 17.0 Å². The van der Waals surface area contributed by atoms with E-state index in [0.717, 1.165) is 28.1 Å². The van der Waals surface area contributed by atoms with E-state index in [1.165, 1.54) is 0 Å². The third-order valence-corrected chi connectivity index (χ3v) is 3.10. The summed E-state index contributed by atoms with van der Waals surface area (Å²) in [5, 5.41) is 0.183. The number of imidazole rings is 1. The van der Waals surface area contributed by atoms with Gasteiger partial charge >= 0.3 is 0 Å². The molecule has 1 aromatic carbocycles. The maximum absolute atomic E-state index is 5.93. The summed E-state index contributed by atoms with van der Waals surface area (Å²) in [7, 11) is 1.65. The molecule has 0 atom stereocenters. The topological polar surface area (TPSA) is 63.7 Å². The first-order valence-corrected chi connectivity index (χ1v) is 6.08. The standard InChI is InChI=1S/C13H11ClN4O/c1-7-5-8(3-4-9(7)19-2)10-11-12(16-6-15-11)18-13(14)17-10/h3-6H,1-2H3,(H,15,16,17,18). The molecule has 6 heteroatoms. The summed E-state index contributed by atoms with van der Waals surface area (Å²) in [6, 6.07) is 5.84. The predicted molar refractivity (Wildman–Crippen MR) is 73.4 cm³/mol. The van der Waals surface area contributed by atoms with Gasteiger partial charge in [0.15, 0.2) is 5.65 Å². The monoisotopic (exact) mass is 274 g/mol. The van der Waals surface area contributed by atoms with Crippen LogP contribution < -0.4 is 4.74 Å². The fraction of sp³-hybridized carbons (Fsp3) is 0.154. The Morgan fingerprint density at radius 3 is 2.84 bits per heavy atom. The molecule has 1 N–H and O–H groups in total. The Labute approximate surface area is 114 Å². The van der Waals surface area contributed by atoms with Gasteiger partial charge in [0.25, 0.3) is 0 Å². The second kappa shape index (κ2) is 4.51. The highest BCUT2D eigenvalue weighted by atomic mass is 35.5. The number of aromatic amines is 1. The lowest BCUT2D eigenvalue weighted by Crippen LogP contribution is -1.92. The molecule has 3 aromatic rings. The van der Waals surface area contributed by atoms with E-state index in [-0.39, 0.29) is 5.28 Å². The highest BCUT2D eigenvalue weighted by Gasteiger charge is 2.12. The van der Waals surface area contributed by atoms with Crippen molar-refractivity contribution >= 4 is 22.8 Å². The Morgan fingerprint density at radius 2 is 2.11 bits per heavy atom. The molecule has 3 rings (SSSR count). The van der Waals surface area contributed by atoms with Crippen LogP contribution in [-0.2, 0) is 0 Å². The van der Waals surface area contributed by atoms with Gasteiger partial charge in [0, 0.05) is 5.56 Å². The Hall–Kier alpha value is -2.14. The van der Waals surface area contributed by atoms with Crippen LogP contribution >= 0.6 is 11.6 Å². The lowest BCUT2D eigenvalue weighted by Gasteiger charge is -2.07. The van der Waals surface area contributed by atoms with Crippen LogP contribution in [0, 0.1) is 6.92 Å². The van der Waals surface area contributed by atoms with Crippen molar-refractivity contribution in [2.45, 2.75) is 6.92 Å². The van der Waals surface area contributed by atoms with Gasteiger partial charge in [-0.3, -0.25) is 0 Å². The van der Waals surface area contributed by atoms with Crippen molar-refractivity contribution in [2.75, 3.05) is 7.11 Å². The molecule has 0 saturated carbocycles. The molecular formula is C13H11ClN4O. The van der Waals surface area contributed by atoms with Gasteiger partial charge < -0.3 is 9.72 Å². The quantitative estimate of drug-likeness (QED) is 0.730. The van der Waals surface area contributed by atoms with Crippen LogP contribution in [0.5, 0.6) is 5.75 Å². The molecule has 0 bridgehead atoms. The van der Waals surface area contributed by atoms with Crippen LogP contribution in [-0.4, -0.2) is 27.0 Å². The second-order valence-corrected chi connectivity index (χ2v) is 4.46. The summed E-state index contributed by atoms with van der Waals surface area (Å²) >= 11 is 5.93. The highest BCUT2D eigenvalue weighted by Crippen LogP contribution is 2.29. The van der Waals surface area contributed by atoms with E-state index in [0.29, 0.717) is 5.65 Å². The van der Waals surface area contributed by atoms with E-state index in [4.69, 9.17) is 16.3 Å². The van der Waals surface area contributed by atoms with Crippen molar-refractivity contribution in [3.63, 3.8) is 0 Å². The number of rotatable bonds is 2. The molecule has 0 saturated heterocycles. The van der Waals surface area contributed by atoms with Gasteiger partial charge in [0.1, 0.15) is 17.0 Å². The number of ether oxygens (including phenoxy) is 1. The predicted octanol–water partition coefficient (Wildman–Crippen LogP) is 2.99. The van der Waals surface area contributed by atoms with E-state index in [2.05, 4.69) is 19.9 Å². The summed E-state index contributed by atoms with van der Waals surface area (Å²) in [6.07, 6.45) is 1.58. The number of fused-ring (bicyclic) bond motifs is 1. The minimum Gasteiger partial charge on any atom is -0.496 e. The molecular weight excluding hydrogens is 264 g/mol. The van der Waals surface area contributed by atoms with Gasteiger partial charge in [0.2, 0.25) is 5.28 Å². The number of nitrogens with one attached hydrogen (secondary N) is 1. The third-order valence-electron chi connectivity index (χ3n) is 2.93. The molecule has 2 aromatic heterocycles. The molecule has 0 fully saturated rings. The molecule has 0 aliphatic heterocycles. The smallest absolute Gasteiger partial charge is 0.225 e. The number of H-pyrrole nitrogens is 1. The van der Waals surface area contributed by atoms with E-state index in [1.807, 2.05) is 25.1 Å². The van der Waals surface area contributed by atoms with Crippen LogP contribution in [0.3, 0.4) is 0 Å². The number of aryl methyl sites for hydroxylation is 1. The van der Waals surface area contributed by atoms with Gasteiger partial charge in [-0.15, -0.1) is 0 Å². The zero-order chi connectivity index (χ0) is 13.4. The molecule has 0 amide bonds. The second-order valence-electron chi connectivity index (χ2n) is 4.13. The summed E-state index contributed by atoms with van der Waals surface area (Å²) in [6.45, 7) is 1.98. The van der Waals surface area contributed by atoms with Gasteiger partial charge in [-0.2, -0.15) is 4.98 Å². The molecule has 96 valence electrons. The molecule has 0 spiro atoms.